The first-order valence-corrected chi connectivity index (χ1v) is 20.5. The van der Waals surface area contributed by atoms with Gasteiger partial charge in [-0.3, -0.25) is 0 Å². The highest BCUT2D eigenvalue weighted by molar-refractivity contribution is 5.96. The lowest BCUT2D eigenvalue weighted by Gasteiger charge is -2.30. The Balaban J connectivity index is 0.949. The fourth-order valence-corrected chi connectivity index (χ4v) is 9.59. The minimum atomic E-state index is -0.359. The van der Waals surface area contributed by atoms with Crippen LogP contribution in [0.3, 0.4) is 0 Å². The SMILES string of the molecule is C=Cc1cccc(-c2nc(-c3ccccc3)nc(-c3ccc(-c4ccc(-c5ccc6c(c5)C5(c7ccccc7-c7ccccc75)c5ccccc5-6)cc4)cc3)n2)c1/C=C\C. The molecule has 3 nitrogen and oxygen atoms in total. The van der Waals surface area contributed by atoms with E-state index in [9.17, 15) is 0 Å². The Labute approximate surface area is 350 Å². The maximum atomic E-state index is 5.06. The molecule has 11 rings (SSSR count). The number of rotatable bonds is 7. The van der Waals surface area contributed by atoms with Crippen LogP contribution >= 0.6 is 0 Å². The maximum absolute atomic E-state index is 5.06. The molecule has 0 saturated heterocycles. The quantitative estimate of drug-likeness (QED) is 0.162. The standard InChI is InChI=1S/C57H39N3/c1-3-15-44-37(4-2)18-14-22-49(44)56-59-54(41-16-6-5-7-17-41)58-55(60-56)42-32-30-39(31-33-42)38-26-28-40(29-27-38)43-34-35-48-47-21-10-13-25-52(47)57(53(48)36-43)50-23-11-8-19-45(50)46-20-9-12-24-51(46)57/h3-36H,2H2,1H3/b15-3-. The van der Waals surface area contributed by atoms with Crippen LogP contribution in [-0.2, 0) is 5.41 Å². The van der Waals surface area contributed by atoms with Gasteiger partial charge in [0.2, 0.25) is 0 Å². The zero-order chi connectivity index (χ0) is 40.2. The van der Waals surface area contributed by atoms with Crippen LogP contribution in [0.25, 0.3) is 90.8 Å². The monoisotopic (exact) mass is 765 g/mol. The van der Waals surface area contributed by atoms with Crippen LogP contribution in [0, 0.1) is 0 Å². The van der Waals surface area contributed by atoms with Crippen molar-refractivity contribution in [3.63, 3.8) is 0 Å². The lowest BCUT2D eigenvalue weighted by Crippen LogP contribution is -2.25. The number of nitrogens with zero attached hydrogens (tertiary/aromatic N) is 3. The number of benzene rings is 8. The van der Waals surface area contributed by atoms with Gasteiger partial charge in [-0.05, 0) is 90.9 Å². The van der Waals surface area contributed by atoms with Gasteiger partial charge in [-0.25, -0.2) is 15.0 Å². The van der Waals surface area contributed by atoms with Gasteiger partial charge >= 0.3 is 0 Å². The van der Waals surface area contributed by atoms with Crippen molar-refractivity contribution in [3.8, 4) is 78.7 Å². The van der Waals surface area contributed by atoms with Crippen LogP contribution in [0.1, 0.15) is 40.3 Å². The van der Waals surface area contributed by atoms with E-state index in [4.69, 9.17) is 15.0 Å². The summed E-state index contributed by atoms with van der Waals surface area (Å²) in [5.74, 6) is 1.88. The third kappa shape index (κ3) is 5.47. The van der Waals surface area contributed by atoms with Crippen LogP contribution in [0.4, 0.5) is 0 Å². The predicted molar refractivity (Wildman–Crippen MR) is 248 cm³/mol. The molecule has 3 heteroatoms. The molecule has 2 aliphatic rings. The van der Waals surface area contributed by atoms with Crippen molar-refractivity contribution in [1.82, 2.24) is 15.0 Å². The van der Waals surface area contributed by atoms with E-state index in [1.807, 2.05) is 55.5 Å². The average molecular weight is 766 g/mol. The van der Waals surface area contributed by atoms with E-state index in [2.05, 4.69) is 164 Å². The highest BCUT2D eigenvalue weighted by atomic mass is 15.0. The highest BCUT2D eigenvalue weighted by Gasteiger charge is 2.51. The van der Waals surface area contributed by atoms with E-state index in [1.54, 1.807) is 0 Å². The first-order chi connectivity index (χ1) is 29.6. The average Bonchev–Trinajstić information content (AvgIpc) is 3.79. The number of allylic oxidation sites excluding steroid dienone is 1. The summed E-state index contributed by atoms with van der Waals surface area (Å²) >= 11 is 0. The lowest BCUT2D eigenvalue weighted by atomic mass is 9.70. The second kappa shape index (κ2) is 14.3. The van der Waals surface area contributed by atoms with Crippen molar-refractivity contribution >= 4 is 12.2 Å². The van der Waals surface area contributed by atoms with E-state index in [-0.39, 0.29) is 5.41 Å². The van der Waals surface area contributed by atoms with Crippen LogP contribution in [0.2, 0.25) is 0 Å². The fraction of sp³-hybridized carbons (Fsp3) is 0.0351. The zero-order valence-corrected chi connectivity index (χ0v) is 33.2. The van der Waals surface area contributed by atoms with Gasteiger partial charge in [0.15, 0.2) is 17.5 Å². The molecule has 1 spiro atoms. The Morgan fingerprint density at radius 2 is 0.817 bits per heavy atom. The van der Waals surface area contributed by atoms with Gasteiger partial charge < -0.3 is 0 Å². The van der Waals surface area contributed by atoms with Gasteiger partial charge in [0, 0.05) is 16.7 Å². The molecule has 0 aliphatic heterocycles. The van der Waals surface area contributed by atoms with E-state index in [0.717, 1.165) is 38.9 Å². The fourth-order valence-electron chi connectivity index (χ4n) is 9.59. The topological polar surface area (TPSA) is 38.7 Å². The van der Waals surface area contributed by atoms with E-state index in [1.165, 1.54) is 55.6 Å². The molecule has 0 unspecified atom stereocenters. The summed E-state index contributed by atoms with van der Waals surface area (Å²) in [4.78, 5) is 15.1. The Kier molecular flexibility index (Phi) is 8.42. The molecule has 9 aromatic rings. The van der Waals surface area contributed by atoms with Crippen LogP contribution in [0.15, 0.2) is 201 Å². The van der Waals surface area contributed by atoms with E-state index >= 15 is 0 Å². The Morgan fingerprint density at radius 1 is 0.383 bits per heavy atom. The van der Waals surface area contributed by atoms with E-state index < -0.39 is 0 Å². The summed E-state index contributed by atoms with van der Waals surface area (Å²) in [7, 11) is 0. The molecule has 2 aliphatic carbocycles. The molecule has 0 amide bonds. The first-order valence-electron chi connectivity index (χ1n) is 20.5. The summed E-state index contributed by atoms with van der Waals surface area (Å²) in [6, 6.07) is 67.7. The van der Waals surface area contributed by atoms with Crippen molar-refractivity contribution in [2.24, 2.45) is 0 Å². The second-order valence-corrected chi connectivity index (χ2v) is 15.5. The summed E-state index contributed by atoms with van der Waals surface area (Å²) < 4.78 is 0. The van der Waals surface area contributed by atoms with Gasteiger partial charge in [0.05, 0.1) is 5.41 Å². The number of hydrogen-bond acceptors (Lipinski definition) is 3. The molecule has 0 radical (unpaired) electrons. The van der Waals surface area contributed by atoms with Crippen LogP contribution in [0.5, 0.6) is 0 Å². The van der Waals surface area contributed by atoms with Gasteiger partial charge in [0.25, 0.3) is 0 Å². The summed E-state index contributed by atoms with van der Waals surface area (Å²) in [5.41, 5.74) is 19.9. The van der Waals surface area contributed by atoms with Crippen molar-refractivity contribution < 1.29 is 0 Å². The highest BCUT2D eigenvalue weighted by Crippen LogP contribution is 2.63. The van der Waals surface area contributed by atoms with E-state index in [0.29, 0.717) is 17.5 Å². The molecule has 0 fully saturated rings. The number of hydrogen-bond donors (Lipinski definition) is 0. The largest absolute Gasteiger partial charge is 0.208 e. The minimum absolute atomic E-state index is 0.359. The van der Waals surface area contributed by atoms with Gasteiger partial charge in [-0.15, -0.1) is 0 Å². The molecule has 60 heavy (non-hydrogen) atoms. The van der Waals surface area contributed by atoms with Gasteiger partial charge in [-0.2, -0.15) is 0 Å². The minimum Gasteiger partial charge on any atom is -0.208 e. The summed E-state index contributed by atoms with van der Waals surface area (Å²) in [6.07, 6.45) is 6.00. The molecule has 1 aromatic heterocycles. The third-order valence-electron chi connectivity index (χ3n) is 12.3. The molecular formula is C57H39N3. The molecule has 0 atom stereocenters. The zero-order valence-electron chi connectivity index (χ0n) is 33.2. The van der Waals surface area contributed by atoms with Gasteiger partial charge in [-0.1, -0.05) is 207 Å². The molecule has 0 saturated carbocycles. The van der Waals surface area contributed by atoms with Crippen LogP contribution < -0.4 is 0 Å². The number of aromatic nitrogens is 3. The first kappa shape index (κ1) is 35.4. The van der Waals surface area contributed by atoms with Crippen molar-refractivity contribution in [2.45, 2.75) is 12.3 Å². The molecule has 0 bridgehead atoms. The van der Waals surface area contributed by atoms with Crippen molar-refractivity contribution in [2.75, 3.05) is 0 Å². The second-order valence-electron chi connectivity index (χ2n) is 15.5. The summed E-state index contributed by atoms with van der Waals surface area (Å²) in [6.45, 7) is 6.07. The number of fused-ring (bicyclic) bond motifs is 10. The Bertz CT molecular complexity index is 3090. The predicted octanol–water partition coefficient (Wildman–Crippen LogP) is 14.2. The summed E-state index contributed by atoms with van der Waals surface area (Å²) in [5, 5.41) is 0. The molecule has 1 heterocycles. The Hall–Kier alpha value is -7.75. The third-order valence-corrected chi connectivity index (χ3v) is 12.3. The molecule has 8 aromatic carbocycles. The smallest absolute Gasteiger partial charge is 0.164 e. The molecular weight excluding hydrogens is 727 g/mol. The van der Waals surface area contributed by atoms with Gasteiger partial charge in [0.1, 0.15) is 0 Å². The molecule has 0 N–H and O–H groups in total. The Morgan fingerprint density at radius 3 is 1.37 bits per heavy atom. The van der Waals surface area contributed by atoms with Crippen molar-refractivity contribution in [1.29, 1.82) is 0 Å². The maximum Gasteiger partial charge on any atom is 0.164 e. The molecule has 282 valence electrons. The normalized spacial score (nSPS) is 12.9. The van der Waals surface area contributed by atoms with Crippen molar-refractivity contribution in [3.05, 3.63) is 234 Å². The van der Waals surface area contributed by atoms with Crippen LogP contribution in [-0.4, -0.2) is 15.0 Å². The lowest BCUT2D eigenvalue weighted by molar-refractivity contribution is 0.794.